The molecule has 1 aromatic rings. The van der Waals surface area contributed by atoms with Gasteiger partial charge in [0.15, 0.2) is 0 Å². The van der Waals surface area contributed by atoms with E-state index in [1.54, 1.807) is 17.9 Å². The minimum absolute atomic E-state index is 0.00870. The second kappa shape index (κ2) is 6.06. The fourth-order valence-corrected chi connectivity index (χ4v) is 3.99. The minimum Gasteiger partial charge on any atom is -0.339 e. The number of piperidine rings is 1. The van der Waals surface area contributed by atoms with E-state index in [2.05, 4.69) is 22.9 Å². The zero-order chi connectivity index (χ0) is 15.8. The molecular formula is C14H19BrN2O3S. The molecule has 1 amide bonds. The van der Waals surface area contributed by atoms with Crippen molar-refractivity contribution in [2.75, 3.05) is 13.1 Å². The monoisotopic (exact) mass is 374 g/mol. The molecule has 1 aromatic carbocycles. The first kappa shape index (κ1) is 16.5. The molecule has 0 aliphatic carbocycles. The largest absolute Gasteiger partial charge is 0.339 e. The van der Waals surface area contributed by atoms with Gasteiger partial charge in [-0.25, -0.2) is 13.6 Å². The lowest BCUT2D eigenvalue weighted by Gasteiger charge is -2.31. The number of halogens is 1. The van der Waals surface area contributed by atoms with Crippen LogP contribution in [0.5, 0.6) is 0 Å². The van der Waals surface area contributed by atoms with E-state index < -0.39 is 10.0 Å². The smallest absolute Gasteiger partial charge is 0.254 e. The number of primary sulfonamides is 1. The van der Waals surface area contributed by atoms with Crippen LogP contribution in [0, 0.1) is 12.8 Å². The summed E-state index contributed by atoms with van der Waals surface area (Å²) in [6.07, 6.45) is 1.95. The molecular weight excluding hydrogens is 356 g/mol. The van der Waals surface area contributed by atoms with Crippen LogP contribution in [0.15, 0.2) is 21.5 Å². The molecule has 1 saturated heterocycles. The van der Waals surface area contributed by atoms with Gasteiger partial charge in [-0.1, -0.05) is 22.9 Å². The van der Waals surface area contributed by atoms with Gasteiger partial charge >= 0.3 is 0 Å². The van der Waals surface area contributed by atoms with E-state index in [4.69, 9.17) is 5.14 Å². The average molecular weight is 375 g/mol. The second-order valence-corrected chi connectivity index (χ2v) is 8.04. The van der Waals surface area contributed by atoms with E-state index in [9.17, 15) is 13.2 Å². The highest BCUT2D eigenvalue weighted by Crippen LogP contribution is 2.26. The van der Waals surface area contributed by atoms with E-state index >= 15 is 0 Å². The molecule has 0 aromatic heterocycles. The van der Waals surface area contributed by atoms with Gasteiger partial charge in [-0.05, 0) is 43.4 Å². The van der Waals surface area contributed by atoms with Crippen LogP contribution in [0.3, 0.4) is 0 Å². The lowest BCUT2D eigenvalue weighted by Crippen LogP contribution is -2.38. The summed E-state index contributed by atoms with van der Waals surface area (Å²) in [5.74, 6) is 0.489. The van der Waals surface area contributed by atoms with Crippen molar-refractivity contribution >= 4 is 31.9 Å². The zero-order valence-electron chi connectivity index (χ0n) is 12.1. The number of nitrogens with zero attached hydrogens (tertiary/aromatic N) is 1. The molecule has 0 saturated carbocycles. The summed E-state index contributed by atoms with van der Waals surface area (Å²) in [7, 11) is -3.85. The Kier molecular flexibility index (Phi) is 4.75. The Morgan fingerprint density at radius 2 is 1.90 bits per heavy atom. The van der Waals surface area contributed by atoms with Gasteiger partial charge in [-0.3, -0.25) is 4.79 Å². The van der Waals surface area contributed by atoms with Crippen molar-refractivity contribution in [1.29, 1.82) is 0 Å². The molecule has 21 heavy (non-hydrogen) atoms. The molecule has 116 valence electrons. The predicted octanol–water partition coefficient (Wildman–Crippen LogP) is 2.28. The Hall–Kier alpha value is -0.920. The summed E-state index contributed by atoms with van der Waals surface area (Å²) < 4.78 is 23.8. The number of benzene rings is 1. The summed E-state index contributed by atoms with van der Waals surface area (Å²) in [6.45, 7) is 5.20. The van der Waals surface area contributed by atoms with Gasteiger partial charge in [0, 0.05) is 23.1 Å². The molecule has 1 aliphatic rings. The Morgan fingerprint density at radius 1 is 1.33 bits per heavy atom. The highest BCUT2D eigenvalue weighted by atomic mass is 79.9. The van der Waals surface area contributed by atoms with E-state index in [0.717, 1.165) is 12.8 Å². The highest BCUT2D eigenvalue weighted by molar-refractivity contribution is 9.10. The fourth-order valence-electron chi connectivity index (χ4n) is 2.55. The third-order valence-corrected chi connectivity index (χ3v) is 5.43. The van der Waals surface area contributed by atoms with E-state index in [1.807, 2.05) is 0 Å². The lowest BCUT2D eigenvalue weighted by atomic mass is 9.98. The average Bonchev–Trinajstić information content (AvgIpc) is 2.40. The molecule has 1 fully saturated rings. The zero-order valence-corrected chi connectivity index (χ0v) is 14.5. The van der Waals surface area contributed by atoms with E-state index in [-0.39, 0.29) is 10.8 Å². The minimum atomic E-state index is -3.85. The highest BCUT2D eigenvalue weighted by Gasteiger charge is 2.25. The van der Waals surface area contributed by atoms with Crippen molar-refractivity contribution in [2.45, 2.75) is 31.6 Å². The Morgan fingerprint density at radius 3 is 2.43 bits per heavy atom. The van der Waals surface area contributed by atoms with Crippen molar-refractivity contribution in [1.82, 2.24) is 4.90 Å². The first-order chi connectivity index (χ1) is 9.70. The summed E-state index contributed by atoms with van der Waals surface area (Å²) in [5.41, 5.74) is 0.798. The number of carbonyl (C=O) groups is 1. The van der Waals surface area contributed by atoms with Crippen LogP contribution in [0.2, 0.25) is 0 Å². The molecule has 0 spiro atoms. The van der Waals surface area contributed by atoms with E-state index in [1.165, 1.54) is 6.07 Å². The maximum absolute atomic E-state index is 12.6. The normalized spacial score (nSPS) is 17.0. The van der Waals surface area contributed by atoms with Crippen molar-refractivity contribution in [3.05, 3.63) is 27.7 Å². The third kappa shape index (κ3) is 3.64. The molecule has 2 rings (SSSR count). The van der Waals surface area contributed by atoms with Crippen molar-refractivity contribution < 1.29 is 13.2 Å². The number of hydrogen-bond donors (Lipinski definition) is 1. The van der Waals surface area contributed by atoms with Gasteiger partial charge in [-0.15, -0.1) is 0 Å². The summed E-state index contributed by atoms with van der Waals surface area (Å²) in [5, 5.41) is 5.22. The number of likely N-dealkylation sites (tertiary alicyclic amines) is 1. The quantitative estimate of drug-likeness (QED) is 0.861. The Balaban J connectivity index is 2.40. The summed E-state index contributed by atoms with van der Waals surface area (Å²) in [6, 6.07) is 3.09. The standard InChI is InChI=1S/C14H19BrN2O3S/c1-9-3-5-17(6-4-9)14(18)12-7-11(15)8-13(10(12)2)21(16,19)20/h7-9H,3-6H2,1-2H3,(H2,16,19,20). The molecule has 0 bridgehead atoms. The number of rotatable bonds is 2. The molecule has 2 N–H and O–H groups in total. The van der Waals surface area contributed by atoms with Crippen LogP contribution in [-0.2, 0) is 10.0 Å². The summed E-state index contributed by atoms with van der Waals surface area (Å²) >= 11 is 3.25. The predicted molar refractivity (Wildman–Crippen MR) is 84.6 cm³/mol. The first-order valence-electron chi connectivity index (χ1n) is 6.82. The SMILES string of the molecule is Cc1c(C(=O)N2CCC(C)CC2)cc(Br)cc1S(N)(=O)=O. The molecule has 1 aliphatic heterocycles. The Bertz CT molecular complexity index is 665. The van der Waals surface area contributed by atoms with E-state index in [0.29, 0.717) is 34.6 Å². The number of hydrogen-bond acceptors (Lipinski definition) is 3. The van der Waals surface area contributed by atoms with Crippen molar-refractivity contribution in [3.63, 3.8) is 0 Å². The van der Waals surface area contributed by atoms with Crippen molar-refractivity contribution in [3.8, 4) is 0 Å². The first-order valence-corrected chi connectivity index (χ1v) is 9.16. The molecule has 0 atom stereocenters. The van der Waals surface area contributed by atoms with Gasteiger partial charge in [-0.2, -0.15) is 0 Å². The van der Waals surface area contributed by atoms with Crippen LogP contribution < -0.4 is 5.14 Å². The molecule has 0 unspecified atom stereocenters. The third-order valence-electron chi connectivity index (χ3n) is 3.93. The summed E-state index contributed by atoms with van der Waals surface area (Å²) in [4.78, 5) is 14.4. The van der Waals surface area contributed by atoms with Crippen LogP contribution in [0.25, 0.3) is 0 Å². The number of nitrogens with two attached hydrogens (primary N) is 1. The van der Waals surface area contributed by atoms with Crippen LogP contribution in [-0.4, -0.2) is 32.3 Å². The number of sulfonamides is 1. The molecule has 0 radical (unpaired) electrons. The molecule has 7 heteroatoms. The Labute approximate surface area is 133 Å². The number of carbonyl (C=O) groups excluding carboxylic acids is 1. The van der Waals surface area contributed by atoms with Gasteiger partial charge in [0.1, 0.15) is 0 Å². The maximum Gasteiger partial charge on any atom is 0.254 e. The van der Waals surface area contributed by atoms with Gasteiger partial charge in [0.05, 0.1) is 4.90 Å². The van der Waals surface area contributed by atoms with Gasteiger partial charge < -0.3 is 4.90 Å². The van der Waals surface area contributed by atoms with Crippen LogP contribution >= 0.6 is 15.9 Å². The van der Waals surface area contributed by atoms with Crippen molar-refractivity contribution in [2.24, 2.45) is 11.1 Å². The topological polar surface area (TPSA) is 80.5 Å². The second-order valence-electron chi connectivity index (χ2n) is 5.60. The lowest BCUT2D eigenvalue weighted by molar-refractivity contribution is 0.0696. The maximum atomic E-state index is 12.6. The molecule has 1 heterocycles. The number of amides is 1. The fraction of sp³-hybridized carbons (Fsp3) is 0.500. The van der Waals surface area contributed by atoms with Gasteiger partial charge in [0.25, 0.3) is 5.91 Å². The molecule has 5 nitrogen and oxygen atoms in total. The van der Waals surface area contributed by atoms with Crippen LogP contribution in [0.1, 0.15) is 35.7 Å². The van der Waals surface area contributed by atoms with Crippen LogP contribution in [0.4, 0.5) is 0 Å². The van der Waals surface area contributed by atoms with Gasteiger partial charge in [0.2, 0.25) is 10.0 Å².